The monoisotopic (exact) mass is 243 g/mol. The average molecular weight is 243 g/mol. The van der Waals surface area contributed by atoms with Gasteiger partial charge < -0.3 is 5.32 Å². The molecule has 2 saturated carbocycles. The molecule has 1 N–H and O–H groups in total. The summed E-state index contributed by atoms with van der Waals surface area (Å²) in [6.07, 6.45) is 9.84. The van der Waals surface area contributed by atoms with Crippen LogP contribution in [0.1, 0.15) is 62.0 Å². The van der Waals surface area contributed by atoms with Crippen molar-refractivity contribution in [2.75, 3.05) is 0 Å². The van der Waals surface area contributed by atoms with E-state index in [1.54, 1.807) is 5.56 Å². The van der Waals surface area contributed by atoms with Crippen molar-refractivity contribution in [2.45, 2.75) is 69.9 Å². The predicted octanol–water partition coefficient (Wildman–Crippen LogP) is 4.16. The van der Waals surface area contributed by atoms with Crippen LogP contribution in [0, 0.1) is 6.92 Å². The molecule has 1 nitrogen and oxygen atoms in total. The van der Waals surface area contributed by atoms with Crippen LogP contribution in [0.25, 0.3) is 0 Å². The maximum Gasteiger partial charge on any atom is 0.00813 e. The maximum absolute atomic E-state index is 3.87. The number of rotatable bonds is 3. The fraction of sp³-hybridized carbons (Fsp3) is 0.647. The molecule has 0 radical (unpaired) electrons. The lowest BCUT2D eigenvalue weighted by atomic mass is 9.75. The Balaban J connectivity index is 1.48. The zero-order chi connectivity index (χ0) is 12.4. The highest BCUT2D eigenvalue weighted by Crippen LogP contribution is 2.37. The van der Waals surface area contributed by atoms with E-state index in [4.69, 9.17) is 0 Å². The van der Waals surface area contributed by atoms with Gasteiger partial charge in [-0.3, -0.25) is 0 Å². The van der Waals surface area contributed by atoms with Gasteiger partial charge in [-0.15, -0.1) is 0 Å². The van der Waals surface area contributed by atoms with Crippen LogP contribution in [0.2, 0.25) is 0 Å². The molecule has 0 saturated heterocycles. The lowest BCUT2D eigenvalue weighted by Crippen LogP contribution is -2.46. The summed E-state index contributed by atoms with van der Waals surface area (Å²) in [5.41, 5.74) is 2.95. The first-order chi connectivity index (χ1) is 8.81. The molecule has 0 unspecified atom stereocenters. The van der Waals surface area contributed by atoms with Crippen LogP contribution < -0.4 is 5.32 Å². The summed E-state index contributed by atoms with van der Waals surface area (Å²) >= 11 is 0. The van der Waals surface area contributed by atoms with Crippen molar-refractivity contribution < 1.29 is 0 Å². The van der Waals surface area contributed by atoms with Gasteiger partial charge in [0, 0.05) is 12.1 Å². The quantitative estimate of drug-likeness (QED) is 0.840. The molecule has 1 aromatic rings. The van der Waals surface area contributed by atoms with Crippen molar-refractivity contribution in [3.8, 4) is 0 Å². The summed E-state index contributed by atoms with van der Waals surface area (Å²) in [4.78, 5) is 0. The van der Waals surface area contributed by atoms with Crippen LogP contribution in [-0.2, 0) is 0 Å². The molecule has 0 heterocycles. The molecule has 3 rings (SSSR count). The van der Waals surface area contributed by atoms with Crippen LogP contribution >= 0.6 is 0 Å². The van der Waals surface area contributed by atoms with Crippen molar-refractivity contribution in [1.82, 2.24) is 5.32 Å². The molecular formula is C17H25N. The summed E-state index contributed by atoms with van der Waals surface area (Å²) in [5, 5.41) is 3.87. The molecule has 2 fully saturated rings. The Morgan fingerprint density at radius 1 is 1.00 bits per heavy atom. The predicted molar refractivity (Wildman–Crippen MR) is 77.0 cm³/mol. The largest absolute Gasteiger partial charge is 0.311 e. The summed E-state index contributed by atoms with van der Waals surface area (Å²) in [6.45, 7) is 2.19. The lowest BCUT2D eigenvalue weighted by Gasteiger charge is -2.39. The lowest BCUT2D eigenvalue weighted by molar-refractivity contribution is 0.238. The second-order valence-electron chi connectivity index (χ2n) is 6.28. The average Bonchev–Trinajstić information content (AvgIpc) is 2.34. The van der Waals surface area contributed by atoms with Gasteiger partial charge in [-0.1, -0.05) is 49.1 Å². The van der Waals surface area contributed by atoms with Crippen molar-refractivity contribution in [3.05, 3.63) is 35.4 Å². The van der Waals surface area contributed by atoms with Crippen molar-refractivity contribution >= 4 is 0 Å². The molecule has 0 bridgehead atoms. The molecule has 0 atom stereocenters. The van der Waals surface area contributed by atoms with E-state index in [0.717, 1.165) is 18.0 Å². The molecule has 0 amide bonds. The second-order valence-corrected chi connectivity index (χ2v) is 6.28. The van der Waals surface area contributed by atoms with E-state index < -0.39 is 0 Å². The van der Waals surface area contributed by atoms with E-state index >= 15 is 0 Å². The molecule has 18 heavy (non-hydrogen) atoms. The van der Waals surface area contributed by atoms with Gasteiger partial charge in [0.1, 0.15) is 0 Å². The third kappa shape index (κ3) is 2.77. The van der Waals surface area contributed by atoms with Crippen LogP contribution in [0.4, 0.5) is 0 Å². The topological polar surface area (TPSA) is 12.0 Å². The van der Waals surface area contributed by atoms with Gasteiger partial charge in [0.05, 0.1) is 0 Å². The normalized spacial score (nSPS) is 28.9. The Morgan fingerprint density at radius 2 is 1.78 bits per heavy atom. The maximum atomic E-state index is 3.87. The smallest absolute Gasteiger partial charge is 0.00813 e. The van der Waals surface area contributed by atoms with Crippen LogP contribution in [-0.4, -0.2) is 12.1 Å². The fourth-order valence-corrected chi connectivity index (χ4v) is 3.55. The number of hydrogen-bond acceptors (Lipinski definition) is 1. The van der Waals surface area contributed by atoms with Gasteiger partial charge >= 0.3 is 0 Å². The van der Waals surface area contributed by atoms with E-state index in [2.05, 4.69) is 36.5 Å². The first-order valence-corrected chi connectivity index (χ1v) is 7.64. The first-order valence-electron chi connectivity index (χ1n) is 7.64. The summed E-state index contributed by atoms with van der Waals surface area (Å²) in [7, 11) is 0. The van der Waals surface area contributed by atoms with Gasteiger partial charge in [0.25, 0.3) is 0 Å². The molecular weight excluding hydrogens is 218 g/mol. The Hall–Kier alpha value is -0.820. The Bertz CT molecular complexity index is 386. The number of benzene rings is 1. The standard InChI is InChI=1S/C17H25N/c1-13-6-5-7-14(10-13)15-11-17(12-15)18-16-8-3-2-4-9-16/h5-7,10,15-18H,2-4,8-9,11-12H2,1H3. The van der Waals surface area contributed by atoms with E-state index in [0.29, 0.717) is 0 Å². The highest BCUT2D eigenvalue weighted by molar-refractivity contribution is 5.27. The van der Waals surface area contributed by atoms with E-state index in [9.17, 15) is 0 Å². The summed E-state index contributed by atoms with van der Waals surface area (Å²) < 4.78 is 0. The van der Waals surface area contributed by atoms with Crippen LogP contribution in [0.5, 0.6) is 0 Å². The third-order valence-electron chi connectivity index (χ3n) is 4.73. The molecule has 1 heteroatoms. The highest BCUT2D eigenvalue weighted by Gasteiger charge is 2.31. The third-order valence-corrected chi connectivity index (χ3v) is 4.73. The van der Waals surface area contributed by atoms with Crippen LogP contribution in [0.15, 0.2) is 24.3 Å². The molecule has 0 aliphatic heterocycles. The van der Waals surface area contributed by atoms with Gasteiger partial charge in [-0.05, 0) is 44.1 Å². The number of aryl methyl sites for hydroxylation is 1. The minimum Gasteiger partial charge on any atom is -0.311 e. The van der Waals surface area contributed by atoms with Crippen LogP contribution in [0.3, 0.4) is 0 Å². The van der Waals surface area contributed by atoms with Crippen molar-refractivity contribution in [3.63, 3.8) is 0 Å². The van der Waals surface area contributed by atoms with Crippen molar-refractivity contribution in [2.24, 2.45) is 0 Å². The first kappa shape index (κ1) is 12.2. The van der Waals surface area contributed by atoms with Gasteiger partial charge in [0.2, 0.25) is 0 Å². The fourth-order valence-electron chi connectivity index (χ4n) is 3.55. The SMILES string of the molecule is Cc1cccc(C2CC(NC3CCCCC3)C2)c1. The highest BCUT2D eigenvalue weighted by atomic mass is 15.0. The van der Waals surface area contributed by atoms with Gasteiger partial charge in [0.15, 0.2) is 0 Å². The minimum absolute atomic E-state index is 0.790. The summed E-state index contributed by atoms with van der Waals surface area (Å²) in [5.74, 6) is 0.811. The number of hydrogen-bond donors (Lipinski definition) is 1. The molecule has 2 aliphatic rings. The second kappa shape index (κ2) is 5.44. The molecule has 2 aliphatic carbocycles. The summed E-state index contributed by atoms with van der Waals surface area (Å²) in [6, 6.07) is 10.7. The zero-order valence-electron chi connectivity index (χ0n) is 11.5. The van der Waals surface area contributed by atoms with E-state index in [-0.39, 0.29) is 0 Å². The Labute approximate surface area is 111 Å². The van der Waals surface area contributed by atoms with Gasteiger partial charge in [-0.25, -0.2) is 0 Å². The van der Waals surface area contributed by atoms with E-state index in [1.165, 1.54) is 50.5 Å². The van der Waals surface area contributed by atoms with Crippen molar-refractivity contribution in [1.29, 1.82) is 0 Å². The number of nitrogens with one attached hydrogen (secondary N) is 1. The zero-order valence-corrected chi connectivity index (χ0v) is 11.5. The molecule has 1 aromatic carbocycles. The Morgan fingerprint density at radius 3 is 2.50 bits per heavy atom. The van der Waals surface area contributed by atoms with E-state index in [1.807, 2.05) is 0 Å². The van der Waals surface area contributed by atoms with Gasteiger partial charge in [-0.2, -0.15) is 0 Å². The minimum atomic E-state index is 0.790. The Kier molecular flexibility index (Phi) is 3.69. The molecule has 98 valence electrons. The molecule has 0 spiro atoms. The molecule has 0 aromatic heterocycles.